The van der Waals surface area contributed by atoms with Gasteiger partial charge in [-0.3, -0.25) is 14.4 Å². The molecule has 0 unspecified atom stereocenters. The third kappa shape index (κ3) is 2.50. The maximum Gasteiger partial charge on any atom is 0.240 e. The summed E-state index contributed by atoms with van der Waals surface area (Å²) >= 11 is 0. The van der Waals surface area contributed by atoms with E-state index in [1.54, 1.807) is 0 Å². The van der Waals surface area contributed by atoms with Crippen LogP contribution in [-0.2, 0) is 14.4 Å². The van der Waals surface area contributed by atoms with E-state index in [0.717, 1.165) is 12.5 Å². The highest BCUT2D eigenvalue weighted by molar-refractivity contribution is 5.90. The fourth-order valence-electron chi connectivity index (χ4n) is 8.66. The van der Waals surface area contributed by atoms with Gasteiger partial charge in [0.1, 0.15) is 6.04 Å². The average molecular weight is 417 g/mol. The molecule has 7 nitrogen and oxygen atoms in total. The summed E-state index contributed by atoms with van der Waals surface area (Å²) in [5, 5.41) is 9.26. The van der Waals surface area contributed by atoms with Crippen molar-refractivity contribution in [2.24, 2.45) is 45.7 Å². The van der Waals surface area contributed by atoms with Gasteiger partial charge in [-0.05, 0) is 79.1 Å². The van der Waals surface area contributed by atoms with Crippen molar-refractivity contribution in [3.63, 3.8) is 0 Å². The number of primary amides is 1. The monoisotopic (exact) mass is 416 g/mol. The van der Waals surface area contributed by atoms with Crippen molar-refractivity contribution in [2.75, 3.05) is 13.1 Å². The van der Waals surface area contributed by atoms with Gasteiger partial charge in [0, 0.05) is 12.5 Å². The Kier molecular flexibility index (Phi) is 4.35. The fraction of sp³-hybridized carbons (Fsp3) is 0.870. The molecule has 166 valence electrons. The van der Waals surface area contributed by atoms with Crippen LogP contribution in [0.2, 0.25) is 0 Å². The summed E-state index contributed by atoms with van der Waals surface area (Å²) in [6.07, 6.45) is 6.06. The first-order valence-electron chi connectivity index (χ1n) is 11.7. The molecular weight excluding hydrogens is 380 g/mol. The second-order valence-corrected chi connectivity index (χ2v) is 11.6. The summed E-state index contributed by atoms with van der Waals surface area (Å²) in [5.74, 6) is 0.591. The summed E-state index contributed by atoms with van der Waals surface area (Å²) in [6.45, 7) is 8.58. The standard InChI is InChI=1S/C23H36N4O3/c1-21(2,3)23-6-4-14(22(23)7-8-22)13-11-26-17(16(13)23)20(30)27-15(18(24)28)10-12-5-9-25-19(12)29/h12-17,26H,4-11H2,1-3H3,(H2,24,28)(H,25,29)(H,27,30)/t12-,13+,14-,15-,16+,17-,23+/m0/s1. The summed E-state index contributed by atoms with van der Waals surface area (Å²) in [7, 11) is 0. The van der Waals surface area contributed by atoms with E-state index >= 15 is 0 Å². The zero-order chi connectivity index (χ0) is 21.5. The summed E-state index contributed by atoms with van der Waals surface area (Å²) in [4.78, 5) is 37.5. The van der Waals surface area contributed by atoms with Crippen molar-refractivity contribution >= 4 is 17.7 Å². The lowest BCUT2D eigenvalue weighted by Crippen LogP contribution is -2.57. The number of hydrogen-bond donors (Lipinski definition) is 4. The van der Waals surface area contributed by atoms with Crippen LogP contribution < -0.4 is 21.7 Å². The molecule has 5 aliphatic rings. The molecule has 0 aromatic carbocycles. The van der Waals surface area contributed by atoms with E-state index in [4.69, 9.17) is 5.73 Å². The molecule has 5 N–H and O–H groups in total. The Bertz CT molecular complexity index is 786. The number of carbonyl (C=O) groups is 3. The molecule has 5 rings (SSSR count). The minimum absolute atomic E-state index is 0.0509. The molecule has 0 radical (unpaired) electrons. The van der Waals surface area contributed by atoms with Crippen molar-refractivity contribution in [1.82, 2.24) is 16.0 Å². The Morgan fingerprint density at radius 1 is 1.23 bits per heavy atom. The van der Waals surface area contributed by atoms with Crippen molar-refractivity contribution in [3.8, 4) is 0 Å². The topological polar surface area (TPSA) is 113 Å². The van der Waals surface area contributed by atoms with Gasteiger partial charge in [-0.2, -0.15) is 0 Å². The highest BCUT2D eigenvalue weighted by Gasteiger charge is 2.81. The van der Waals surface area contributed by atoms with E-state index in [-0.39, 0.29) is 41.0 Å². The van der Waals surface area contributed by atoms with Gasteiger partial charge in [-0.1, -0.05) is 20.8 Å². The van der Waals surface area contributed by atoms with Gasteiger partial charge in [0.05, 0.1) is 6.04 Å². The molecule has 7 heteroatoms. The van der Waals surface area contributed by atoms with Crippen LogP contribution >= 0.6 is 0 Å². The molecule has 30 heavy (non-hydrogen) atoms. The summed E-state index contributed by atoms with van der Waals surface area (Å²) < 4.78 is 0. The number of fused-ring (bicyclic) bond motifs is 3. The molecule has 1 spiro atoms. The maximum absolute atomic E-state index is 13.5. The molecule has 2 heterocycles. The minimum atomic E-state index is -0.800. The van der Waals surface area contributed by atoms with Gasteiger partial charge >= 0.3 is 0 Å². The minimum Gasteiger partial charge on any atom is -0.368 e. The largest absolute Gasteiger partial charge is 0.368 e. The van der Waals surface area contributed by atoms with Crippen LogP contribution in [0.4, 0.5) is 0 Å². The highest BCUT2D eigenvalue weighted by atomic mass is 16.2. The van der Waals surface area contributed by atoms with Gasteiger partial charge in [0.15, 0.2) is 0 Å². The number of hydrogen-bond acceptors (Lipinski definition) is 4. The van der Waals surface area contributed by atoms with E-state index < -0.39 is 11.9 Å². The molecule has 3 amide bonds. The van der Waals surface area contributed by atoms with E-state index in [2.05, 4.69) is 36.7 Å². The lowest BCUT2D eigenvalue weighted by atomic mass is 9.54. The molecule has 2 aliphatic heterocycles. The third-order valence-electron chi connectivity index (χ3n) is 9.68. The van der Waals surface area contributed by atoms with Crippen molar-refractivity contribution in [2.45, 2.75) is 71.4 Å². The molecular formula is C23H36N4O3. The van der Waals surface area contributed by atoms with Gasteiger partial charge in [0.25, 0.3) is 0 Å². The summed E-state index contributed by atoms with van der Waals surface area (Å²) in [6, 6.07) is -1.08. The molecule has 0 aromatic rings. The van der Waals surface area contributed by atoms with Crippen LogP contribution in [0.1, 0.15) is 59.3 Å². The average Bonchev–Trinajstić information content (AvgIpc) is 2.93. The quantitative estimate of drug-likeness (QED) is 0.534. The van der Waals surface area contributed by atoms with Crippen LogP contribution in [0.25, 0.3) is 0 Å². The Morgan fingerprint density at radius 3 is 2.53 bits per heavy atom. The molecule has 3 saturated carbocycles. The van der Waals surface area contributed by atoms with E-state index in [9.17, 15) is 14.4 Å². The van der Waals surface area contributed by atoms with Gasteiger partial charge in [0.2, 0.25) is 17.7 Å². The molecule has 3 aliphatic carbocycles. The van der Waals surface area contributed by atoms with Gasteiger partial charge in [-0.15, -0.1) is 0 Å². The third-order valence-corrected chi connectivity index (χ3v) is 9.68. The smallest absolute Gasteiger partial charge is 0.240 e. The normalized spacial score (nSPS) is 41.6. The van der Waals surface area contributed by atoms with Crippen LogP contribution in [-0.4, -0.2) is 42.9 Å². The van der Waals surface area contributed by atoms with Crippen molar-refractivity contribution < 1.29 is 14.4 Å². The Balaban J connectivity index is 1.38. The predicted molar refractivity (Wildman–Crippen MR) is 112 cm³/mol. The molecule has 5 fully saturated rings. The zero-order valence-electron chi connectivity index (χ0n) is 18.4. The first kappa shape index (κ1) is 20.3. The lowest BCUT2D eigenvalue weighted by Gasteiger charge is -2.51. The zero-order valence-corrected chi connectivity index (χ0v) is 18.4. The van der Waals surface area contributed by atoms with E-state index in [1.165, 1.54) is 25.7 Å². The number of nitrogens with one attached hydrogen (secondary N) is 3. The molecule has 2 saturated heterocycles. The van der Waals surface area contributed by atoms with Crippen molar-refractivity contribution in [3.05, 3.63) is 0 Å². The maximum atomic E-state index is 13.5. The van der Waals surface area contributed by atoms with Crippen molar-refractivity contribution in [1.29, 1.82) is 0 Å². The second kappa shape index (κ2) is 6.44. The van der Waals surface area contributed by atoms with E-state index in [1.807, 2.05) is 0 Å². The second-order valence-electron chi connectivity index (χ2n) is 11.6. The van der Waals surface area contributed by atoms with E-state index in [0.29, 0.717) is 30.2 Å². The summed E-state index contributed by atoms with van der Waals surface area (Å²) in [5.41, 5.74) is 6.35. The predicted octanol–water partition coefficient (Wildman–Crippen LogP) is 0.923. The van der Waals surface area contributed by atoms with Crippen LogP contribution in [0.3, 0.4) is 0 Å². The Morgan fingerprint density at radius 2 is 1.97 bits per heavy atom. The molecule has 7 atom stereocenters. The molecule has 2 bridgehead atoms. The molecule has 0 aromatic heterocycles. The lowest BCUT2D eigenvalue weighted by molar-refractivity contribution is -0.132. The Hall–Kier alpha value is -1.63. The van der Waals surface area contributed by atoms with Crippen LogP contribution in [0, 0.1) is 39.9 Å². The van der Waals surface area contributed by atoms with Crippen LogP contribution in [0.5, 0.6) is 0 Å². The highest BCUT2D eigenvalue weighted by Crippen LogP contribution is 2.85. The number of rotatable bonds is 5. The number of amides is 3. The fourth-order valence-corrected chi connectivity index (χ4v) is 8.66. The number of nitrogens with two attached hydrogens (primary N) is 1. The first-order valence-corrected chi connectivity index (χ1v) is 11.7. The van der Waals surface area contributed by atoms with Gasteiger partial charge < -0.3 is 21.7 Å². The van der Waals surface area contributed by atoms with Crippen LogP contribution in [0.15, 0.2) is 0 Å². The SMILES string of the molecule is CC(C)(C)[C@@]12CC[C@@H]([C@H]3CN[C@H](C(=O)N[C@@H](C[C@@H]4CCNC4=O)C(N)=O)[C@@H]31)C21CC1. The Labute approximate surface area is 178 Å². The number of carbonyl (C=O) groups excluding carboxylic acids is 3. The first-order chi connectivity index (χ1) is 14.1. The van der Waals surface area contributed by atoms with Gasteiger partial charge in [-0.25, -0.2) is 0 Å².